The summed E-state index contributed by atoms with van der Waals surface area (Å²) in [6.07, 6.45) is 0. The van der Waals surface area contributed by atoms with Crippen LogP contribution in [0.4, 0.5) is 4.39 Å². The summed E-state index contributed by atoms with van der Waals surface area (Å²) < 4.78 is 18.7. The number of halogens is 1. The van der Waals surface area contributed by atoms with Crippen molar-refractivity contribution in [1.29, 1.82) is 0 Å². The number of carboxylic acid groups (broad SMARTS) is 1. The highest BCUT2D eigenvalue weighted by Crippen LogP contribution is 2.28. The molecule has 0 radical (unpaired) electrons. The van der Waals surface area contributed by atoms with E-state index in [-0.39, 0.29) is 5.56 Å². The van der Waals surface area contributed by atoms with E-state index in [0.29, 0.717) is 22.4 Å². The molecule has 0 aliphatic rings. The van der Waals surface area contributed by atoms with Gasteiger partial charge >= 0.3 is 5.97 Å². The van der Waals surface area contributed by atoms with Crippen molar-refractivity contribution >= 4 is 5.97 Å². The lowest BCUT2D eigenvalue weighted by Crippen LogP contribution is -2.02. The van der Waals surface area contributed by atoms with Crippen molar-refractivity contribution in [2.24, 2.45) is 0 Å². The molecule has 0 amide bonds. The first kappa shape index (κ1) is 13.1. The van der Waals surface area contributed by atoms with Crippen LogP contribution >= 0.6 is 0 Å². The molecule has 0 aliphatic heterocycles. The summed E-state index contributed by atoms with van der Waals surface area (Å²) in [5.41, 5.74) is 1.40. The van der Waals surface area contributed by atoms with Crippen LogP contribution in [0.3, 0.4) is 0 Å². The van der Waals surface area contributed by atoms with Crippen molar-refractivity contribution < 1.29 is 19.0 Å². The molecule has 19 heavy (non-hydrogen) atoms. The average molecular weight is 260 g/mol. The van der Waals surface area contributed by atoms with E-state index in [0.717, 1.165) is 0 Å². The lowest BCUT2D eigenvalue weighted by atomic mass is 9.97. The summed E-state index contributed by atoms with van der Waals surface area (Å²) in [5.74, 6) is -0.835. The van der Waals surface area contributed by atoms with Crippen molar-refractivity contribution in [3.05, 3.63) is 53.3 Å². The van der Waals surface area contributed by atoms with E-state index >= 15 is 0 Å². The van der Waals surface area contributed by atoms with Crippen LogP contribution in [0, 0.1) is 12.7 Å². The molecule has 2 aromatic rings. The third kappa shape index (κ3) is 2.57. The topological polar surface area (TPSA) is 46.5 Å². The second-order valence-corrected chi connectivity index (χ2v) is 4.18. The molecule has 0 saturated carbocycles. The van der Waals surface area contributed by atoms with Crippen molar-refractivity contribution in [1.82, 2.24) is 0 Å². The Morgan fingerprint density at radius 2 is 1.84 bits per heavy atom. The zero-order valence-corrected chi connectivity index (χ0v) is 10.6. The maximum atomic E-state index is 13.6. The van der Waals surface area contributed by atoms with E-state index in [1.807, 2.05) is 0 Å². The summed E-state index contributed by atoms with van der Waals surface area (Å²) in [6.45, 7) is 1.54. The predicted molar refractivity (Wildman–Crippen MR) is 70.1 cm³/mol. The Balaban J connectivity index is 2.59. The Morgan fingerprint density at radius 3 is 2.37 bits per heavy atom. The van der Waals surface area contributed by atoms with Crippen LogP contribution in [0.5, 0.6) is 5.75 Å². The van der Waals surface area contributed by atoms with Gasteiger partial charge in [0.15, 0.2) is 0 Å². The van der Waals surface area contributed by atoms with Gasteiger partial charge in [0.25, 0.3) is 0 Å². The lowest BCUT2D eigenvalue weighted by molar-refractivity contribution is 0.0697. The maximum Gasteiger partial charge on any atom is 0.336 e. The van der Waals surface area contributed by atoms with Crippen LogP contribution in [0.1, 0.15) is 15.9 Å². The molecule has 0 heterocycles. The number of ether oxygens (including phenoxy) is 1. The molecular formula is C15H13FO3. The van der Waals surface area contributed by atoms with Gasteiger partial charge in [0.2, 0.25) is 0 Å². The highest BCUT2D eigenvalue weighted by Gasteiger charge is 2.14. The fourth-order valence-electron chi connectivity index (χ4n) is 1.87. The van der Waals surface area contributed by atoms with Crippen molar-refractivity contribution in [2.75, 3.05) is 7.11 Å². The van der Waals surface area contributed by atoms with Crippen LogP contribution in [-0.2, 0) is 0 Å². The number of hydrogen-bond acceptors (Lipinski definition) is 2. The second kappa shape index (κ2) is 5.10. The Labute approximate surface area is 110 Å². The molecule has 0 fully saturated rings. The largest absolute Gasteiger partial charge is 0.497 e. The lowest BCUT2D eigenvalue weighted by Gasteiger charge is -2.09. The number of hydrogen-bond donors (Lipinski definition) is 1. The Morgan fingerprint density at radius 1 is 1.21 bits per heavy atom. The van der Waals surface area contributed by atoms with Gasteiger partial charge in [0.1, 0.15) is 11.6 Å². The zero-order chi connectivity index (χ0) is 14.0. The van der Waals surface area contributed by atoms with E-state index in [4.69, 9.17) is 4.74 Å². The normalized spacial score (nSPS) is 10.3. The van der Waals surface area contributed by atoms with Gasteiger partial charge < -0.3 is 9.84 Å². The minimum atomic E-state index is -1.08. The first-order valence-corrected chi connectivity index (χ1v) is 5.71. The van der Waals surface area contributed by atoms with Gasteiger partial charge in [-0.3, -0.25) is 0 Å². The number of methoxy groups -OCH3 is 1. The molecule has 3 nitrogen and oxygen atoms in total. The van der Waals surface area contributed by atoms with E-state index < -0.39 is 11.8 Å². The summed E-state index contributed by atoms with van der Waals surface area (Å²) in [5, 5.41) is 9.20. The quantitative estimate of drug-likeness (QED) is 0.918. The Hall–Kier alpha value is -2.36. The number of carboxylic acids is 1. The van der Waals surface area contributed by atoms with Crippen molar-refractivity contribution in [3.8, 4) is 16.9 Å². The molecule has 0 aliphatic carbocycles. The molecule has 4 heteroatoms. The van der Waals surface area contributed by atoms with E-state index in [1.54, 1.807) is 38.3 Å². The summed E-state index contributed by atoms with van der Waals surface area (Å²) >= 11 is 0. The summed E-state index contributed by atoms with van der Waals surface area (Å²) in [4.78, 5) is 11.2. The van der Waals surface area contributed by atoms with Crippen LogP contribution in [0.25, 0.3) is 11.1 Å². The highest BCUT2D eigenvalue weighted by molar-refractivity contribution is 5.96. The molecule has 0 aromatic heterocycles. The number of rotatable bonds is 3. The van der Waals surface area contributed by atoms with Crippen molar-refractivity contribution in [3.63, 3.8) is 0 Å². The van der Waals surface area contributed by atoms with Crippen molar-refractivity contribution in [2.45, 2.75) is 6.92 Å². The monoisotopic (exact) mass is 260 g/mol. The van der Waals surface area contributed by atoms with E-state index in [9.17, 15) is 14.3 Å². The predicted octanol–water partition coefficient (Wildman–Crippen LogP) is 3.51. The standard InChI is InChI=1S/C15H13FO3/c1-9-7-13(15(17)18)12(8-14(9)16)10-3-5-11(19-2)6-4-10/h3-8H,1-2H3,(H,17,18). The first-order chi connectivity index (χ1) is 9.02. The molecule has 1 N–H and O–H groups in total. The van der Waals surface area contributed by atoms with Gasteiger partial charge in [-0.15, -0.1) is 0 Å². The first-order valence-electron chi connectivity index (χ1n) is 5.71. The van der Waals surface area contributed by atoms with Gasteiger partial charge in [-0.05, 0) is 47.9 Å². The third-order valence-electron chi connectivity index (χ3n) is 2.93. The zero-order valence-electron chi connectivity index (χ0n) is 10.6. The van der Waals surface area contributed by atoms with E-state index in [2.05, 4.69) is 0 Å². The van der Waals surface area contributed by atoms with Crippen LogP contribution < -0.4 is 4.74 Å². The van der Waals surface area contributed by atoms with Crippen LogP contribution in [0.2, 0.25) is 0 Å². The molecule has 0 unspecified atom stereocenters. The summed E-state index contributed by atoms with van der Waals surface area (Å²) in [6, 6.07) is 9.42. The fourth-order valence-corrected chi connectivity index (χ4v) is 1.87. The molecule has 2 aromatic carbocycles. The fraction of sp³-hybridized carbons (Fsp3) is 0.133. The third-order valence-corrected chi connectivity index (χ3v) is 2.93. The minimum absolute atomic E-state index is 0.0871. The highest BCUT2D eigenvalue weighted by atomic mass is 19.1. The van der Waals surface area contributed by atoms with Gasteiger partial charge in [0, 0.05) is 0 Å². The molecule has 98 valence electrons. The molecule has 2 rings (SSSR count). The SMILES string of the molecule is COc1ccc(-c2cc(F)c(C)cc2C(=O)O)cc1. The second-order valence-electron chi connectivity index (χ2n) is 4.18. The molecule has 0 saturated heterocycles. The molecule has 0 spiro atoms. The Kier molecular flexibility index (Phi) is 3.51. The van der Waals surface area contributed by atoms with Crippen LogP contribution in [0.15, 0.2) is 36.4 Å². The van der Waals surface area contributed by atoms with Gasteiger partial charge in [-0.2, -0.15) is 0 Å². The molecular weight excluding hydrogens is 247 g/mol. The molecule has 0 bridgehead atoms. The van der Waals surface area contributed by atoms with Gasteiger partial charge in [-0.25, -0.2) is 9.18 Å². The smallest absolute Gasteiger partial charge is 0.336 e. The summed E-state index contributed by atoms with van der Waals surface area (Å²) in [7, 11) is 1.54. The Bertz CT molecular complexity index is 618. The molecule has 0 atom stereocenters. The van der Waals surface area contributed by atoms with E-state index in [1.165, 1.54) is 12.1 Å². The van der Waals surface area contributed by atoms with Gasteiger partial charge in [0.05, 0.1) is 12.7 Å². The number of aryl methyl sites for hydroxylation is 1. The number of carbonyl (C=O) groups is 1. The van der Waals surface area contributed by atoms with Crippen LogP contribution in [-0.4, -0.2) is 18.2 Å². The maximum absolute atomic E-state index is 13.6. The van der Waals surface area contributed by atoms with Gasteiger partial charge in [-0.1, -0.05) is 12.1 Å². The number of aromatic carboxylic acids is 1. The number of benzene rings is 2. The minimum Gasteiger partial charge on any atom is -0.497 e. The average Bonchev–Trinajstić information content (AvgIpc) is 2.41.